The molecule has 1 aliphatic heterocycles. The Morgan fingerprint density at radius 2 is 1.94 bits per heavy atom. The van der Waals surface area contributed by atoms with Crippen LogP contribution in [0.1, 0.15) is 26.7 Å². The topological polar surface area (TPSA) is 87.1 Å². The van der Waals surface area contributed by atoms with Crippen molar-refractivity contribution in [2.75, 3.05) is 19.8 Å². The molecule has 3 atom stereocenters. The fourth-order valence-electron chi connectivity index (χ4n) is 2.59. The fourth-order valence-corrected chi connectivity index (χ4v) is 2.59. The van der Waals surface area contributed by atoms with Crippen molar-refractivity contribution in [2.24, 2.45) is 5.92 Å². The van der Waals surface area contributed by atoms with Crippen molar-refractivity contribution in [3.63, 3.8) is 0 Å². The molecule has 0 bridgehead atoms. The van der Waals surface area contributed by atoms with E-state index in [1.54, 1.807) is 6.92 Å². The van der Waals surface area contributed by atoms with E-state index < -0.39 is 5.97 Å². The fraction of sp³-hybridized carbons (Fsp3) is 0.833. The lowest BCUT2D eigenvalue weighted by molar-refractivity contribution is -0.141. The van der Waals surface area contributed by atoms with E-state index in [0.717, 1.165) is 19.8 Å². The van der Waals surface area contributed by atoms with Crippen LogP contribution >= 0.6 is 0 Å². The first-order valence-corrected chi connectivity index (χ1v) is 6.15. The highest BCUT2D eigenvalue weighted by Crippen LogP contribution is 2.33. The van der Waals surface area contributed by atoms with Gasteiger partial charge in [-0.2, -0.15) is 0 Å². The van der Waals surface area contributed by atoms with E-state index in [2.05, 4.69) is 0 Å². The molecule has 0 aromatic carbocycles. The normalized spacial score (nSPS) is 30.2. The number of morpholine rings is 1. The number of hydrogen-bond donors (Lipinski definition) is 2. The van der Waals surface area contributed by atoms with Gasteiger partial charge in [0, 0.05) is 27.0 Å². The highest BCUT2D eigenvalue weighted by Gasteiger charge is 2.41. The number of carboxylic acid groups (broad SMARTS) is 1. The van der Waals surface area contributed by atoms with Gasteiger partial charge in [-0.25, -0.2) is 0 Å². The maximum Gasteiger partial charge on any atom is 0.300 e. The molecule has 2 aliphatic rings. The lowest BCUT2D eigenvalue weighted by atomic mass is 10.1. The lowest BCUT2D eigenvalue weighted by Gasteiger charge is -2.36. The summed E-state index contributed by atoms with van der Waals surface area (Å²) in [5.74, 6) is -0.396. The molecule has 0 aromatic rings. The number of aliphatic hydroxyl groups is 1. The van der Waals surface area contributed by atoms with E-state index >= 15 is 0 Å². The quantitative estimate of drug-likeness (QED) is 0.697. The first-order valence-electron chi connectivity index (χ1n) is 6.15. The predicted molar refractivity (Wildman–Crippen MR) is 64.0 cm³/mol. The number of amides is 1. The van der Waals surface area contributed by atoms with Gasteiger partial charge in [0.25, 0.3) is 5.97 Å². The standard InChI is InChI=1S/C10H17NO3.C2H4O2/c1-7(13)11-2-3-14-10-5-8(6-12)4-9(10)11;1-2(3)4/h8-10,12H,2-6H2,1H3;1H3,(H,3,4)/t8-,9+,10?;/m1./s1. The lowest BCUT2D eigenvalue weighted by Crippen LogP contribution is -2.50. The average molecular weight is 259 g/mol. The number of fused-ring (bicyclic) bond motifs is 1. The van der Waals surface area contributed by atoms with Crippen molar-refractivity contribution in [1.82, 2.24) is 4.90 Å². The van der Waals surface area contributed by atoms with Gasteiger partial charge in [-0.1, -0.05) is 0 Å². The highest BCUT2D eigenvalue weighted by molar-refractivity contribution is 5.73. The highest BCUT2D eigenvalue weighted by atomic mass is 16.5. The second-order valence-electron chi connectivity index (χ2n) is 4.73. The van der Waals surface area contributed by atoms with Crippen molar-refractivity contribution in [1.29, 1.82) is 0 Å². The number of aliphatic carboxylic acids is 1. The molecule has 0 aromatic heterocycles. The summed E-state index contributed by atoms with van der Waals surface area (Å²) in [5, 5.41) is 16.5. The smallest absolute Gasteiger partial charge is 0.300 e. The van der Waals surface area contributed by atoms with E-state index in [4.69, 9.17) is 19.7 Å². The maximum atomic E-state index is 11.3. The van der Waals surface area contributed by atoms with Crippen molar-refractivity contribution in [3.05, 3.63) is 0 Å². The van der Waals surface area contributed by atoms with Crippen LogP contribution in [0.25, 0.3) is 0 Å². The van der Waals surface area contributed by atoms with Crippen molar-refractivity contribution in [3.8, 4) is 0 Å². The first kappa shape index (κ1) is 14.9. The predicted octanol–water partition coefficient (Wildman–Crippen LogP) is 0.0955. The van der Waals surface area contributed by atoms with Crippen LogP contribution in [0, 0.1) is 5.92 Å². The zero-order valence-electron chi connectivity index (χ0n) is 10.8. The molecule has 0 radical (unpaired) electrons. The SMILES string of the molecule is CC(=O)N1CCOC2C[C@H](CO)C[C@@H]21.CC(=O)O. The second kappa shape index (κ2) is 6.70. The van der Waals surface area contributed by atoms with Gasteiger partial charge >= 0.3 is 0 Å². The minimum Gasteiger partial charge on any atom is -0.481 e. The molecule has 2 rings (SSSR count). The Balaban J connectivity index is 0.000000357. The maximum absolute atomic E-state index is 11.3. The molecule has 1 aliphatic carbocycles. The molecule has 0 spiro atoms. The Kier molecular flexibility index (Phi) is 5.55. The molecule has 1 unspecified atom stereocenters. The van der Waals surface area contributed by atoms with E-state index in [-0.39, 0.29) is 24.7 Å². The van der Waals surface area contributed by atoms with Crippen molar-refractivity contribution in [2.45, 2.75) is 38.8 Å². The Bertz CT molecular complexity index is 303. The molecule has 1 amide bonds. The number of ether oxygens (including phenoxy) is 1. The van der Waals surface area contributed by atoms with Crippen LogP contribution in [0.3, 0.4) is 0 Å². The molecule has 2 N–H and O–H groups in total. The first-order chi connectivity index (χ1) is 8.45. The molecular formula is C12H21NO5. The summed E-state index contributed by atoms with van der Waals surface area (Å²) in [7, 11) is 0. The summed E-state index contributed by atoms with van der Waals surface area (Å²) in [6.45, 7) is 4.24. The molecule has 1 saturated carbocycles. The van der Waals surface area contributed by atoms with Gasteiger partial charge in [-0.15, -0.1) is 0 Å². The Labute approximate surface area is 107 Å². The Morgan fingerprint density at radius 1 is 1.33 bits per heavy atom. The molecule has 18 heavy (non-hydrogen) atoms. The number of carboxylic acids is 1. The van der Waals surface area contributed by atoms with E-state index in [0.29, 0.717) is 19.1 Å². The van der Waals surface area contributed by atoms with Gasteiger partial charge in [0.2, 0.25) is 5.91 Å². The molecule has 1 saturated heterocycles. The largest absolute Gasteiger partial charge is 0.481 e. The number of hydrogen-bond acceptors (Lipinski definition) is 4. The Morgan fingerprint density at radius 3 is 2.44 bits per heavy atom. The van der Waals surface area contributed by atoms with Crippen LogP contribution in [0.2, 0.25) is 0 Å². The number of aliphatic hydroxyl groups excluding tert-OH is 1. The van der Waals surface area contributed by atoms with Crippen molar-refractivity contribution >= 4 is 11.9 Å². The second-order valence-corrected chi connectivity index (χ2v) is 4.73. The van der Waals surface area contributed by atoms with E-state index in [9.17, 15) is 4.79 Å². The van der Waals surface area contributed by atoms with Gasteiger partial charge in [0.15, 0.2) is 0 Å². The van der Waals surface area contributed by atoms with Gasteiger partial charge in [0.05, 0.1) is 18.8 Å². The molecule has 6 heteroatoms. The van der Waals surface area contributed by atoms with Gasteiger partial charge in [-0.3, -0.25) is 9.59 Å². The number of nitrogens with zero attached hydrogens (tertiary/aromatic N) is 1. The van der Waals surface area contributed by atoms with Gasteiger partial charge < -0.3 is 19.8 Å². The van der Waals surface area contributed by atoms with Crippen LogP contribution in [-0.4, -0.2) is 58.9 Å². The molecule has 2 fully saturated rings. The van der Waals surface area contributed by atoms with E-state index in [1.165, 1.54) is 0 Å². The van der Waals surface area contributed by atoms with Crippen LogP contribution in [0.15, 0.2) is 0 Å². The van der Waals surface area contributed by atoms with Crippen LogP contribution < -0.4 is 0 Å². The summed E-state index contributed by atoms with van der Waals surface area (Å²) in [4.78, 5) is 22.2. The van der Waals surface area contributed by atoms with Crippen LogP contribution in [-0.2, 0) is 14.3 Å². The van der Waals surface area contributed by atoms with Crippen LogP contribution in [0.4, 0.5) is 0 Å². The summed E-state index contributed by atoms with van der Waals surface area (Å²) in [5.41, 5.74) is 0. The third-order valence-electron chi connectivity index (χ3n) is 3.30. The number of rotatable bonds is 1. The van der Waals surface area contributed by atoms with Gasteiger partial charge in [0.1, 0.15) is 0 Å². The average Bonchev–Trinajstić information content (AvgIpc) is 2.70. The van der Waals surface area contributed by atoms with Gasteiger partial charge in [-0.05, 0) is 18.8 Å². The zero-order chi connectivity index (χ0) is 13.7. The van der Waals surface area contributed by atoms with Crippen molar-refractivity contribution < 1.29 is 24.5 Å². The Hall–Kier alpha value is -1.14. The summed E-state index contributed by atoms with van der Waals surface area (Å²) >= 11 is 0. The third kappa shape index (κ3) is 3.96. The number of carbonyl (C=O) groups is 2. The number of carbonyl (C=O) groups excluding carboxylic acids is 1. The van der Waals surface area contributed by atoms with E-state index in [1.807, 2.05) is 4.90 Å². The third-order valence-corrected chi connectivity index (χ3v) is 3.30. The zero-order valence-corrected chi connectivity index (χ0v) is 10.8. The molecule has 1 heterocycles. The minimum atomic E-state index is -0.833. The summed E-state index contributed by atoms with van der Waals surface area (Å²) in [6.07, 6.45) is 1.94. The summed E-state index contributed by atoms with van der Waals surface area (Å²) in [6, 6.07) is 0.207. The molecule has 104 valence electrons. The minimum absolute atomic E-state index is 0.127. The van der Waals surface area contributed by atoms with Crippen LogP contribution in [0.5, 0.6) is 0 Å². The monoisotopic (exact) mass is 259 g/mol. The molecular weight excluding hydrogens is 238 g/mol. The summed E-state index contributed by atoms with van der Waals surface area (Å²) < 4.78 is 5.61. The molecule has 6 nitrogen and oxygen atoms in total.